The van der Waals surface area contributed by atoms with Gasteiger partial charge in [0.1, 0.15) is 0 Å². The van der Waals surface area contributed by atoms with Crippen LogP contribution in [0.15, 0.2) is 40.9 Å². The first-order valence-electron chi connectivity index (χ1n) is 6.39. The second kappa shape index (κ2) is 5.81. The molecule has 0 aliphatic carbocycles. The van der Waals surface area contributed by atoms with Gasteiger partial charge in [-0.25, -0.2) is 0 Å². The van der Waals surface area contributed by atoms with Crippen molar-refractivity contribution in [1.82, 2.24) is 0 Å². The molecule has 2 N–H and O–H groups in total. The third kappa shape index (κ3) is 3.47. The summed E-state index contributed by atoms with van der Waals surface area (Å²) in [4.78, 5) is 0. The van der Waals surface area contributed by atoms with Gasteiger partial charge in [0.15, 0.2) is 0 Å². The lowest BCUT2D eigenvalue weighted by Crippen LogP contribution is -2.15. The second-order valence-electron chi connectivity index (χ2n) is 5.07. The Hall–Kier alpha value is -1.33. The van der Waals surface area contributed by atoms with Crippen LogP contribution in [0.1, 0.15) is 33.9 Å². The molecule has 112 valence electrons. The van der Waals surface area contributed by atoms with Gasteiger partial charge in [0, 0.05) is 4.47 Å². The van der Waals surface area contributed by atoms with Gasteiger partial charge in [0.2, 0.25) is 0 Å². The second-order valence-corrected chi connectivity index (χ2v) is 5.93. The number of hydrogen-bond acceptors (Lipinski definition) is 1. The fourth-order valence-corrected chi connectivity index (χ4v) is 2.76. The van der Waals surface area contributed by atoms with E-state index in [4.69, 9.17) is 5.73 Å². The van der Waals surface area contributed by atoms with E-state index in [0.717, 1.165) is 27.7 Å². The summed E-state index contributed by atoms with van der Waals surface area (Å²) in [6.07, 6.45) is -4.34. The fraction of sp³-hybridized carbons (Fsp3) is 0.250. The molecule has 21 heavy (non-hydrogen) atoms. The molecule has 0 radical (unpaired) electrons. The average molecular weight is 358 g/mol. The molecule has 1 unspecified atom stereocenters. The Balaban J connectivity index is 2.44. The topological polar surface area (TPSA) is 26.0 Å². The van der Waals surface area contributed by atoms with Crippen LogP contribution in [0, 0.1) is 13.8 Å². The third-order valence-electron chi connectivity index (χ3n) is 3.42. The van der Waals surface area contributed by atoms with Gasteiger partial charge in [0.25, 0.3) is 0 Å². The van der Waals surface area contributed by atoms with Crippen LogP contribution in [0.25, 0.3) is 0 Å². The maximum atomic E-state index is 12.7. The number of benzene rings is 2. The molecule has 0 bridgehead atoms. The van der Waals surface area contributed by atoms with E-state index in [0.29, 0.717) is 11.1 Å². The number of rotatable bonds is 2. The molecule has 0 aromatic heterocycles. The van der Waals surface area contributed by atoms with Gasteiger partial charge in [-0.2, -0.15) is 13.2 Å². The van der Waals surface area contributed by atoms with Crippen molar-refractivity contribution in [3.8, 4) is 0 Å². The van der Waals surface area contributed by atoms with E-state index in [1.54, 1.807) is 6.92 Å². The molecule has 0 spiro atoms. The normalized spacial score (nSPS) is 13.3. The molecule has 0 aliphatic heterocycles. The number of aryl methyl sites for hydroxylation is 2. The maximum Gasteiger partial charge on any atom is 0.416 e. The smallest absolute Gasteiger partial charge is 0.320 e. The van der Waals surface area contributed by atoms with Crippen molar-refractivity contribution in [2.24, 2.45) is 5.73 Å². The van der Waals surface area contributed by atoms with E-state index in [9.17, 15) is 13.2 Å². The van der Waals surface area contributed by atoms with Gasteiger partial charge in [-0.15, -0.1) is 0 Å². The first-order valence-corrected chi connectivity index (χ1v) is 7.19. The largest absolute Gasteiger partial charge is 0.416 e. The van der Waals surface area contributed by atoms with Crippen molar-refractivity contribution >= 4 is 15.9 Å². The van der Waals surface area contributed by atoms with Crippen LogP contribution in [0.5, 0.6) is 0 Å². The van der Waals surface area contributed by atoms with E-state index in [2.05, 4.69) is 15.9 Å². The fourth-order valence-electron chi connectivity index (χ4n) is 2.27. The number of hydrogen-bond donors (Lipinski definition) is 1. The van der Waals surface area contributed by atoms with E-state index >= 15 is 0 Å². The Bertz CT molecular complexity index is 665. The Labute approximate surface area is 130 Å². The quantitative estimate of drug-likeness (QED) is 0.791. The Morgan fingerprint density at radius 2 is 1.67 bits per heavy atom. The van der Waals surface area contributed by atoms with E-state index < -0.39 is 17.8 Å². The summed E-state index contributed by atoms with van der Waals surface area (Å²) in [5, 5.41) is 0. The van der Waals surface area contributed by atoms with E-state index in [-0.39, 0.29) is 0 Å². The maximum absolute atomic E-state index is 12.7. The molecular formula is C16H15BrF3N. The summed E-state index contributed by atoms with van der Waals surface area (Å²) in [5.41, 5.74) is 8.71. The highest BCUT2D eigenvalue weighted by Crippen LogP contribution is 2.34. The van der Waals surface area contributed by atoms with Crippen LogP contribution in [-0.2, 0) is 6.18 Å². The Morgan fingerprint density at radius 3 is 2.24 bits per heavy atom. The highest BCUT2D eigenvalue weighted by molar-refractivity contribution is 9.10. The van der Waals surface area contributed by atoms with Crippen LogP contribution >= 0.6 is 15.9 Å². The van der Waals surface area contributed by atoms with Crippen LogP contribution in [0.4, 0.5) is 13.2 Å². The van der Waals surface area contributed by atoms with Gasteiger partial charge in [0.05, 0.1) is 11.6 Å². The molecule has 2 aromatic carbocycles. The molecule has 0 heterocycles. The highest BCUT2D eigenvalue weighted by atomic mass is 79.9. The monoisotopic (exact) mass is 357 g/mol. The van der Waals surface area contributed by atoms with Crippen LogP contribution < -0.4 is 5.73 Å². The van der Waals surface area contributed by atoms with E-state index in [1.807, 2.05) is 25.1 Å². The summed E-state index contributed by atoms with van der Waals surface area (Å²) in [6, 6.07) is 8.97. The number of alkyl halides is 3. The van der Waals surface area contributed by atoms with Gasteiger partial charge >= 0.3 is 6.18 Å². The van der Waals surface area contributed by atoms with Crippen molar-refractivity contribution in [3.63, 3.8) is 0 Å². The van der Waals surface area contributed by atoms with Crippen LogP contribution in [0.3, 0.4) is 0 Å². The van der Waals surface area contributed by atoms with Crippen molar-refractivity contribution in [2.45, 2.75) is 26.1 Å². The Morgan fingerprint density at radius 1 is 1.00 bits per heavy atom. The molecule has 0 aliphatic rings. The zero-order valence-corrected chi connectivity index (χ0v) is 13.2. The summed E-state index contributed by atoms with van der Waals surface area (Å²) < 4.78 is 39.0. The van der Waals surface area contributed by atoms with Gasteiger partial charge < -0.3 is 5.73 Å². The van der Waals surface area contributed by atoms with Gasteiger partial charge in [-0.05, 0) is 48.7 Å². The first kappa shape index (κ1) is 16.0. The average Bonchev–Trinajstić information content (AvgIpc) is 2.39. The van der Waals surface area contributed by atoms with Crippen molar-refractivity contribution in [3.05, 3.63) is 68.7 Å². The zero-order valence-electron chi connectivity index (χ0n) is 11.6. The summed E-state index contributed by atoms with van der Waals surface area (Å²) in [5.74, 6) is 0. The molecule has 1 nitrogen and oxygen atoms in total. The molecule has 1 atom stereocenters. The lowest BCUT2D eigenvalue weighted by Gasteiger charge is -2.19. The SMILES string of the molecule is Cc1ccc(Br)c(C(N)c2ccc(C(F)(F)F)cc2C)c1. The minimum atomic E-state index is -4.34. The predicted molar refractivity (Wildman–Crippen MR) is 81.1 cm³/mol. The van der Waals surface area contributed by atoms with Crippen LogP contribution in [0.2, 0.25) is 0 Å². The van der Waals surface area contributed by atoms with Crippen molar-refractivity contribution in [2.75, 3.05) is 0 Å². The molecule has 5 heteroatoms. The van der Waals surface area contributed by atoms with Crippen molar-refractivity contribution < 1.29 is 13.2 Å². The van der Waals surface area contributed by atoms with Crippen LogP contribution in [-0.4, -0.2) is 0 Å². The summed E-state index contributed by atoms with van der Waals surface area (Å²) in [6.45, 7) is 3.59. The molecule has 0 saturated carbocycles. The first-order chi connectivity index (χ1) is 9.70. The molecule has 2 rings (SSSR count). The minimum Gasteiger partial charge on any atom is -0.320 e. The summed E-state index contributed by atoms with van der Waals surface area (Å²) in [7, 11) is 0. The lowest BCUT2D eigenvalue weighted by atomic mass is 9.93. The van der Waals surface area contributed by atoms with Crippen molar-refractivity contribution in [1.29, 1.82) is 0 Å². The third-order valence-corrected chi connectivity index (χ3v) is 4.14. The number of halogens is 4. The molecule has 2 aromatic rings. The Kier molecular flexibility index (Phi) is 4.44. The van der Waals surface area contributed by atoms with Gasteiger partial charge in [-0.3, -0.25) is 0 Å². The molecule has 0 saturated heterocycles. The standard InChI is InChI=1S/C16H15BrF3N/c1-9-3-6-14(17)13(7-9)15(21)12-5-4-11(8-10(12)2)16(18,19)20/h3-8,15H,21H2,1-2H3. The molecular weight excluding hydrogens is 343 g/mol. The van der Waals surface area contributed by atoms with Gasteiger partial charge in [-0.1, -0.05) is 39.7 Å². The number of nitrogens with two attached hydrogens (primary N) is 1. The highest BCUT2D eigenvalue weighted by Gasteiger charge is 2.31. The summed E-state index contributed by atoms with van der Waals surface area (Å²) >= 11 is 3.44. The molecule has 0 fully saturated rings. The lowest BCUT2D eigenvalue weighted by molar-refractivity contribution is -0.137. The zero-order chi connectivity index (χ0) is 15.8. The minimum absolute atomic E-state index is 0.471. The predicted octanol–water partition coefficient (Wildman–Crippen LogP) is 5.13. The molecule has 0 amide bonds. The van der Waals surface area contributed by atoms with E-state index in [1.165, 1.54) is 6.07 Å².